The minimum Gasteiger partial charge on any atom is -0.486 e. The lowest BCUT2D eigenvalue weighted by Crippen LogP contribution is -2.37. The van der Waals surface area contributed by atoms with Crippen LogP contribution in [0.2, 0.25) is 0 Å². The minimum absolute atomic E-state index is 0.0212. The van der Waals surface area contributed by atoms with Crippen LogP contribution in [0.5, 0.6) is 11.5 Å². The SMILES string of the molecule is CC(N)CC(C)NC(=O)c1cccc2c1OCCO2. The zero-order valence-corrected chi connectivity index (χ0v) is 11.3. The van der Waals surface area contributed by atoms with E-state index in [2.05, 4.69) is 5.32 Å². The van der Waals surface area contributed by atoms with Crippen molar-refractivity contribution in [2.24, 2.45) is 5.73 Å². The van der Waals surface area contributed by atoms with Gasteiger partial charge >= 0.3 is 0 Å². The van der Waals surface area contributed by atoms with Gasteiger partial charge in [0.2, 0.25) is 0 Å². The summed E-state index contributed by atoms with van der Waals surface area (Å²) in [7, 11) is 0. The Hall–Kier alpha value is -1.75. The Kier molecular flexibility index (Phi) is 4.27. The first-order chi connectivity index (χ1) is 9.08. The van der Waals surface area contributed by atoms with E-state index in [9.17, 15) is 4.79 Å². The van der Waals surface area contributed by atoms with Gasteiger partial charge in [-0.1, -0.05) is 6.07 Å². The summed E-state index contributed by atoms with van der Waals surface area (Å²) in [4.78, 5) is 12.2. The van der Waals surface area contributed by atoms with Gasteiger partial charge < -0.3 is 20.5 Å². The summed E-state index contributed by atoms with van der Waals surface area (Å²) in [5.74, 6) is 0.994. The predicted molar refractivity (Wildman–Crippen MR) is 72.6 cm³/mol. The Bertz CT molecular complexity index is 460. The molecular weight excluding hydrogens is 244 g/mol. The molecule has 0 saturated carbocycles. The molecule has 1 aromatic carbocycles. The molecule has 1 aliphatic heterocycles. The van der Waals surface area contributed by atoms with Crippen LogP contribution in [0.25, 0.3) is 0 Å². The third-order valence-corrected chi connectivity index (χ3v) is 2.91. The van der Waals surface area contributed by atoms with Crippen LogP contribution in [0, 0.1) is 0 Å². The first-order valence-corrected chi connectivity index (χ1v) is 6.53. The van der Waals surface area contributed by atoms with Crippen molar-refractivity contribution in [3.05, 3.63) is 23.8 Å². The number of benzene rings is 1. The molecule has 1 heterocycles. The van der Waals surface area contributed by atoms with E-state index in [-0.39, 0.29) is 18.0 Å². The number of amides is 1. The molecule has 0 fully saturated rings. The van der Waals surface area contributed by atoms with Crippen molar-refractivity contribution in [1.82, 2.24) is 5.32 Å². The second-order valence-electron chi connectivity index (χ2n) is 4.92. The zero-order chi connectivity index (χ0) is 13.8. The topological polar surface area (TPSA) is 73.6 Å². The number of ether oxygens (including phenoxy) is 2. The van der Waals surface area contributed by atoms with Crippen molar-refractivity contribution in [2.45, 2.75) is 32.4 Å². The fraction of sp³-hybridized carbons (Fsp3) is 0.500. The highest BCUT2D eigenvalue weighted by Crippen LogP contribution is 2.33. The van der Waals surface area contributed by atoms with Gasteiger partial charge in [-0.2, -0.15) is 0 Å². The molecular formula is C14H20N2O3. The number of carbonyl (C=O) groups is 1. The fourth-order valence-electron chi connectivity index (χ4n) is 2.17. The van der Waals surface area contributed by atoms with Crippen LogP contribution in [0.3, 0.4) is 0 Å². The van der Waals surface area contributed by atoms with Crippen LogP contribution in [-0.2, 0) is 0 Å². The van der Waals surface area contributed by atoms with Crippen LogP contribution in [-0.4, -0.2) is 31.2 Å². The minimum atomic E-state index is -0.157. The van der Waals surface area contributed by atoms with Gasteiger partial charge in [-0.15, -0.1) is 0 Å². The summed E-state index contributed by atoms with van der Waals surface area (Å²) >= 11 is 0. The summed E-state index contributed by atoms with van der Waals surface area (Å²) in [6, 6.07) is 5.41. The molecule has 0 spiro atoms. The molecule has 5 nitrogen and oxygen atoms in total. The zero-order valence-electron chi connectivity index (χ0n) is 11.3. The maximum atomic E-state index is 12.2. The van der Waals surface area contributed by atoms with Crippen LogP contribution < -0.4 is 20.5 Å². The number of hydrogen-bond donors (Lipinski definition) is 2. The van der Waals surface area contributed by atoms with Crippen LogP contribution >= 0.6 is 0 Å². The number of carbonyl (C=O) groups excluding carboxylic acids is 1. The predicted octanol–water partition coefficient (Wildman–Crippen LogP) is 1.31. The van der Waals surface area contributed by atoms with Crippen molar-refractivity contribution in [1.29, 1.82) is 0 Å². The van der Waals surface area contributed by atoms with Crippen molar-refractivity contribution in [2.75, 3.05) is 13.2 Å². The third kappa shape index (κ3) is 3.38. The number of nitrogens with two attached hydrogens (primary N) is 1. The monoisotopic (exact) mass is 264 g/mol. The highest BCUT2D eigenvalue weighted by atomic mass is 16.6. The van der Waals surface area contributed by atoms with E-state index in [1.807, 2.05) is 13.8 Å². The maximum Gasteiger partial charge on any atom is 0.255 e. The summed E-state index contributed by atoms with van der Waals surface area (Å²) in [5.41, 5.74) is 6.23. The van der Waals surface area contributed by atoms with E-state index in [0.717, 1.165) is 6.42 Å². The molecule has 1 amide bonds. The number of fused-ring (bicyclic) bond motifs is 1. The lowest BCUT2D eigenvalue weighted by atomic mass is 10.1. The summed E-state index contributed by atoms with van der Waals surface area (Å²) in [6.07, 6.45) is 0.734. The second kappa shape index (κ2) is 5.93. The molecule has 0 saturated heterocycles. The van der Waals surface area contributed by atoms with Crippen molar-refractivity contribution in [3.63, 3.8) is 0 Å². The molecule has 2 atom stereocenters. The lowest BCUT2D eigenvalue weighted by molar-refractivity contribution is 0.0926. The molecule has 0 radical (unpaired) electrons. The number of hydrogen-bond acceptors (Lipinski definition) is 4. The highest BCUT2D eigenvalue weighted by molar-refractivity contribution is 5.98. The van der Waals surface area contributed by atoms with E-state index >= 15 is 0 Å². The average Bonchev–Trinajstić information content (AvgIpc) is 2.36. The van der Waals surface area contributed by atoms with E-state index in [1.165, 1.54) is 0 Å². The molecule has 104 valence electrons. The smallest absolute Gasteiger partial charge is 0.255 e. The normalized spacial score (nSPS) is 16.6. The molecule has 1 aromatic rings. The molecule has 5 heteroatoms. The summed E-state index contributed by atoms with van der Waals surface area (Å²) in [5, 5.41) is 2.92. The summed E-state index contributed by atoms with van der Waals surface area (Å²) in [6.45, 7) is 4.84. The number of para-hydroxylation sites is 1. The molecule has 3 N–H and O–H groups in total. The first kappa shape index (κ1) is 13.7. The standard InChI is InChI=1S/C14H20N2O3/c1-9(15)8-10(2)16-14(17)11-4-3-5-12-13(11)19-7-6-18-12/h3-5,9-10H,6-8,15H2,1-2H3,(H,16,17). The van der Waals surface area contributed by atoms with Gasteiger partial charge in [0, 0.05) is 12.1 Å². The van der Waals surface area contributed by atoms with Crippen molar-refractivity contribution < 1.29 is 14.3 Å². The van der Waals surface area contributed by atoms with Gasteiger partial charge in [0.1, 0.15) is 13.2 Å². The molecule has 0 aliphatic carbocycles. The molecule has 2 unspecified atom stereocenters. The van der Waals surface area contributed by atoms with E-state index in [4.69, 9.17) is 15.2 Å². The molecule has 0 aromatic heterocycles. The van der Waals surface area contributed by atoms with Crippen molar-refractivity contribution >= 4 is 5.91 Å². The fourth-order valence-corrected chi connectivity index (χ4v) is 2.17. The van der Waals surface area contributed by atoms with E-state index < -0.39 is 0 Å². The van der Waals surface area contributed by atoms with Gasteiger partial charge in [-0.25, -0.2) is 0 Å². The highest BCUT2D eigenvalue weighted by Gasteiger charge is 2.21. The van der Waals surface area contributed by atoms with E-state index in [0.29, 0.717) is 30.3 Å². The van der Waals surface area contributed by atoms with E-state index in [1.54, 1.807) is 18.2 Å². The quantitative estimate of drug-likeness (QED) is 0.860. The van der Waals surface area contributed by atoms with Crippen LogP contribution in [0.15, 0.2) is 18.2 Å². The molecule has 2 rings (SSSR count). The lowest BCUT2D eigenvalue weighted by Gasteiger charge is -2.22. The molecule has 1 aliphatic rings. The van der Waals surface area contributed by atoms with Crippen LogP contribution in [0.4, 0.5) is 0 Å². The first-order valence-electron chi connectivity index (χ1n) is 6.53. The maximum absolute atomic E-state index is 12.2. The number of nitrogens with one attached hydrogen (secondary N) is 1. The van der Waals surface area contributed by atoms with Gasteiger partial charge in [0.15, 0.2) is 11.5 Å². The Balaban J connectivity index is 2.11. The largest absolute Gasteiger partial charge is 0.486 e. The van der Waals surface area contributed by atoms with Gasteiger partial charge in [-0.05, 0) is 32.4 Å². The Morgan fingerprint density at radius 1 is 1.37 bits per heavy atom. The Morgan fingerprint density at radius 2 is 2.11 bits per heavy atom. The second-order valence-corrected chi connectivity index (χ2v) is 4.92. The van der Waals surface area contributed by atoms with Gasteiger partial charge in [-0.3, -0.25) is 4.79 Å². The summed E-state index contributed by atoms with van der Waals surface area (Å²) < 4.78 is 11.0. The Morgan fingerprint density at radius 3 is 2.84 bits per heavy atom. The molecule has 0 bridgehead atoms. The Labute approximate surface area is 113 Å². The number of rotatable bonds is 4. The molecule has 19 heavy (non-hydrogen) atoms. The third-order valence-electron chi connectivity index (χ3n) is 2.91. The van der Waals surface area contributed by atoms with Crippen LogP contribution in [0.1, 0.15) is 30.6 Å². The van der Waals surface area contributed by atoms with Gasteiger partial charge in [0.25, 0.3) is 5.91 Å². The van der Waals surface area contributed by atoms with Crippen molar-refractivity contribution in [3.8, 4) is 11.5 Å². The van der Waals surface area contributed by atoms with Gasteiger partial charge in [0.05, 0.1) is 5.56 Å². The average molecular weight is 264 g/mol.